The second-order valence-electron chi connectivity index (χ2n) is 8.05. The lowest BCUT2D eigenvalue weighted by molar-refractivity contribution is -0.145. The van der Waals surface area contributed by atoms with Gasteiger partial charge < -0.3 is 30.0 Å². The third-order valence-electron chi connectivity index (χ3n) is 5.77. The van der Waals surface area contributed by atoms with Gasteiger partial charge in [0.05, 0.1) is 13.2 Å². The van der Waals surface area contributed by atoms with Crippen LogP contribution in [0.2, 0.25) is 0 Å². The summed E-state index contributed by atoms with van der Waals surface area (Å²) < 4.78 is 10.6. The van der Waals surface area contributed by atoms with Crippen molar-refractivity contribution in [2.75, 3.05) is 13.2 Å². The molecular formula is C24H23N3O7. The Balaban J connectivity index is 1.37. The molecule has 4 N–H and O–H groups in total. The minimum absolute atomic E-state index is 0.0108. The molecule has 10 nitrogen and oxygen atoms in total. The number of hydrogen-bond acceptors (Lipinski definition) is 7. The summed E-state index contributed by atoms with van der Waals surface area (Å²) in [6.45, 7) is 0.251. The van der Waals surface area contributed by atoms with Crippen LogP contribution in [0, 0.1) is 0 Å². The average molecular weight is 465 g/mol. The number of alkyl carbamates (subject to hydrolysis) is 1. The van der Waals surface area contributed by atoms with Crippen molar-refractivity contribution in [3.05, 3.63) is 77.5 Å². The van der Waals surface area contributed by atoms with E-state index in [-0.39, 0.29) is 30.5 Å². The molecule has 0 saturated heterocycles. The van der Waals surface area contributed by atoms with Gasteiger partial charge in [0.15, 0.2) is 23.4 Å². The number of hydrogen-bond donors (Lipinski definition) is 4. The molecular weight excluding hydrogens is 442 g/mol. The number of aromatic nitrogens is 1. The van der Waals surface area contributed by atoms with Crippen LogP contribution < -0.4 is 10.6 Å². The molecule has 0 radical (unpaired) electrons. The van der Waals surface area contributed by atoms with Crippen molar-refractivity contribution in [2.24, 2.45) is 0 Å². The van der Waals surface area contributed by atoms with Gasteiger partial charge in [-0.1, -0.05) is 48.5 Å². The van der Waals surface area contributed by atoms with Gasteiger partial charge in [0.25, 0.3) is 5.91 Å². The maximum atomic E-state index is 12.4. The first kappa shape index (κ1) is 23.0. The Morgan fingerprint density at radius 3 is 2.29 bits per heavy atom. The number of aliphatic hydroxyl groups excluding tert-OH is 1. The van der Waals surface area contributed by atoms with E-state index in [1.807, 2.05) is 48.5 Å². The Hall–Kier alpha value is -4.18. The van der Waals surface area contributed by atoms with Crippen molar-refractivity contribution in [3.8, 4) is 11.1 Å². The van der Waals surface area contributed by atoms with Gasteiger partial charge in [-0.3, -0.25) is 4.79 Å². The molecule has 0 aliphatic heterocycles. The maximum absolute atomic E-state index is 12.4. The van der Waals surface area contributed by atoms with E-state index in [9.17, 15) is 24.6 Å². The number of aliphatic carboxylic acids is 1. The van der Waals surface area contributed by atoms with Crippen LogP contribution in [0.15, 0.2) is 59.3 Å². The van der Waals surface area contributed by atoms with E-state index in [1.54, 1.807) is 0 Å². The first-order valence-corrected chi connectivity index (χ1v) is 10.5. The Kier molecular flexibility index (Phi) is 6.33. The highest BCUT2D eigenvalue weighted by Gasteiger charge is 2.36. The van der Waals surface area contributed by atoms with Gasteiger partial charge in [-0.15, -0.1) is 0 Å². The van der Waals surface area contributed by atoms with Gasteiger partial charge in [0.1, 0.15) is 6.61 Å². The minimum atomic E-state index is -1.90. The minimum Gasteiger partial charge on any atom is -0.479 e. The molecule has 1 aliphatic carbocycles. The summed E-state index contributed by atoms with van der Waals surface area (Å²) in [5.74, 6) is -2.36. The number of carboxylic acids is 1. The fourth-order valence-electron chi connectivity index (χ4n) is 3.85. The number of carboxylic acid groups (broad SMARTS) is 1. The molecule has 0 bridgehead atoms. The molecule has 1 aliphatic rings. The smallest absolute Gasteiger partial charge is 0.407 e. The van der Waals surface area contributed by atoms with Crippen molar-refractivity contribution >= 4 is 18.0 Å². The second kappa shape index (κ2) is 9.36. The first-order valence-electron chi connectivity index (χ1n) is 10.5. The summed E-state index contributed by atoms with van der Waals surface area (Å²) in [6.07, 6.45) is 0.288. The SMILES string of the molecule is CC(CO)(NC(=O)c1ncoc1CNC(=O)OCC1c2ccccc2-c2ccccc21)C(=O)O. The highest BCUT2D eigenvalue weighted by molar-refractivity contribution is 5.97. The van der Waals surface area contributed by atoms with Gasteiger partial charge in [0.2, 0.25) is 0 Å². The molecule has 1 atom stereocenters. The highest BCUT2D eigenvalue weighted by Crippen LogP contribution is 2.44. The fraction of sp³-hybridized carbons (Fsp3) is 0.250. The lowest BCUT2D eigenvalue weighted by Crippen LogP contribution is -2.55. The van der Waals surface area contributed by atoms with Crippen LogP contribution in [0.1, 0.15) is 40.2 Å². The van der Waals surface area contributed by atoms with Gasteiger partial charge in [0, 0.05) is 5.92 Å². The summed E-state index contributed by atoms with van der Waals surface area (Å²) in [5.41, 5.74) is 2.28. The number of carbonyl (C=O) groups excluding carboxylic acids is 2. The fourth-order valence-corrected chi connectivity index (χ4v) is 3.85. The molecule has 1 heterocycles. The van der Waals surface area contributed by atoms with Crippen molar-refractivity contribution in [2.45, 2.75) is 24.9 Å². The maximum Gasteiger partial charge on any atom is 0.407 e. The number of ether oxygens (including phenoxy) is 1. The molecule has 2 aromatic carbocycles. The number of nitrogens with one attached hydrogen (secondary N) is 2. The number of benzene rings is 2. The topological polar surface area (TPSA) is 151 Å². The first-order chi connectivity index (χ1) is 16.3. The van der Waals surface area contributed by atoms with Crippen LogP contribution in [0.5, 0.6) is 0 Å². The summed E-state index contributed by atoms with van der Waals surface area (Å²) in [6, 6.07) is 15.9. The summed E-state index contributed by atoms with van der Waals surface area (Å²) in [7, 11) is 0. The molecule has 3 aromatic rings. The van der Waals surface area contributed by atoms with E-state index < -0.39 is 30.1 Å². The lowest BCUT2D eigenvalue weighted by Gasteiger charge is -2.23. The summed E-state index contributed by atoms with van der Waals surface area (Å²) >= 11 is 0. The van der Waals surface area contributed by atoms with Crippen molar-refractivity contribution in [1.29, 1.82) is 0 Å². The van der Waals surface area contributed by atoms with E-state index in [0.717, 1.165) is 35.6 Å². The number of oxazole rings is 1. The van der Waals surface area contributed by atoms with E-state index in [0.29, 0.717) is 0 Å². The van der Waals surface area contributed by atoms with Crippen molar-refractivity contribution < 1.29 is 33.8 Å². The molecule has 2 amide bonds. The molecule has 4 rings (SSSR count). The summed E-state index contributed by atoms with van der Waals surface area (Å²) in [4.78, 5) is 39.9. The lowest BCUT2D eigenvalue weighted by atomic mass is 9.98. The summed E-state index contributed by atoms with van der Waals surface area (Å²) in [5, 5.41) is 23.2. The normalized spacial score (nSPS) is 13.9. The van der Waals surface area contributed by atoms with E-state index in [4.69, 9.17) is 9.15 Å². The number of fused-ring (bicyclic) bond motifs is 3. The van der Waals surface area contributed by atoms with E-state index in [1.165, 1.54) is 0 Å². The second-order valence-corrected chi connectivity index (χ2v) is 8.05. The molecule has 1 unspecified atom stereocenters. The number of amides is 2. The predicted molar refractivity (Wildman–Crippen MR) is 119 cm³/mol. The van der Waals surface area contributed by atoms with Crippen LogP contribution in [0.4, 0.5) is 4.79 Å². The largest absolute Gasteiger partial charge is 0.479 e. The van der Waals surface area contributed by atoms with Crippen LogP contribution >= 0.6 is 0 Å². The third-order valence-corrected chi connectivity index (χ3v) is 5.77. The molecule has 176 valence electrons. The van der Waals surface area contributed by atoms with Crippen LogP contribution in [-0.2, 0) is 16.1 Å². The Morgan fingerprint density at radius 2 is 1.71 bits per heavy atom. The predicted octanol–water partition coefficient (Wildman–Crippen LogP) is 2.28. The zero-order valence-corrected chi connectivity index (χ0v) is 18.3. The van der Waals surface area contributed by atoms with Crippen LogP contribution in [0.3, 0.4) is 0 Å². The molecule has 0 fully saturated rings. The quantitative estimate of drug-likeness (QED) is 0.396. The molecule has 0 saturated carbocycles. The Morgan fingerprint density at radius 1 is 1.09 bits per heavy atom. The zero-order valence-electron chi connectivity index (χ0n) is 18.3. The molecule has 10 heteroatoms. The van der Waals surface area contributed by atoms with Crippen molar-refractivity contribution in [1.82, 2.24) is 15.6 Å². The Labute approximate surface area is 194 Å². The molecule has 34 heavy (non-hydrogen) atoms. The zero-order chi connectivity index (χ0) is 24.3. The van der Waals surface area contributed by atoms with Crippen molar-refractivity contribution in [3.63, 3.8) is 0 Å². The average Bonchev–Trinajstić information content (AvgIpc) is 3.44. The molecule has 0 spiro atoms. The molecule has 1 aromatic heterocycles. The highest BCUT2D eigenvalue weighted by atomic mass is 16.5. The van der Waals surface area contributed by atoms with E-state index in [2.05, 4.69) is 15.6 Å². The Bertz CT molecular complexity index is 1190. The van der Waals surface area contributed by atoms with Gasteiger partial charge >= 0.3 is 12.1 Å². The van der Waals surface area contributed by atoms with E-state index >= 15 is 0 Å². The van der Waals surface area contributed by atoms with Crippen LogP contribution in [-0.4, -0.2) is 51.9 Å². The van der Waals surface area contributed by atoms with Crippen LogP contribution in [0.25, 0.3) is 11.1 Å². The number of aliphatic hydroxyl groups is 1. The van der Waals surface area contributed by atoms with Gasteiger partial charge in [-0.05, 0) is 29.2 Å². The van der Waals surface area contributed by atoms with Gasteiger partial charge in [-0.2, -0.15) is 0 Å². The standard InChI is InChI=1S/C24H23N3O7/c1-24(12-28,22(30)31)27-21(29)20-19(34-13-26-20)10-25-23(32)33-11-18-16-8-4-2-6-14(16)15-7-3-5-9-17(15)18/h2-9,13,18,28H,10-12H2,1H3,(H,25,32)(H,27,29)(H,30,31). The number of rotatable bonds is 8. The monoisotopic (exact) mass is 465 g/mol. The number of carbonyl (C=O) groups is 3. The van der Waals surface area contributed by atoms with Gasteiger partial charge in [-0.25, -0.2) is 14.6 Å². The number of nitrogens with zero attached hydrogens (tertiary/aromatic N) is 1. The third kappa shape index (κ3) is 4.35.